The Morgan fingerprint density at radius 3 is 2.07 bits per heavy atom. The topological polar surface area (TPSA) is 96.7 Å². The van der Waals surface area contributed by atoms with Gasteiger partial charge in [-0.05, 0) is 62.4 Å². The molecule has 0 atom stereocenters. The van der Waals surface area contributed by atoms with Crippen molar-refractivity contribution in [3.05, 3.63) is 83.3 Å². The summed E-state index contributed by atoms with van der Waals surface area (Å²) in [6.07, 6.45) is 0. The maximum atomic E-state index is 12.6. The van der Waals surface area contributed by atoms with Crippen LogP contribution in [0.25, 0.3) is 0 Å². The lowest BCUT2D eigenvalue weighted by Gasteiger charge is -2.16. The molecule has 0 aliphatic rings. The van der Waals surface area contributed by atoms with Crippen molar-refractivity contribution in [2.45, 2.75) is 25.3 Å². The van der Waals surface area contributed by atoms with Gasteiger partial charge in [0.25, 0.3) is 15.9 Å². The smallest absolute Gasteiger partial charge is 0.261 e. The third-order valence-corrected chi connectivity index (χ3v) is 5.89. The van der Waals surface area contributed by atoms with Crippen molar-refractivity contribution in [2.75, 3.05) is 11.8 Å². The molecule has 156 valence electrons. The fourth-order valence-corrected chi connectivity index (χ4v) is 3.92. The van der Waals surface area contributed by atoms with Gasteiger partial charge in [-0.15, -0.1) is 0 Å². The number of hydrogen-bond donors (Lipinski definition) is 1. The third kappa shape index (κ3) is 4.96. The number of nitrogens with zero attached hydrogens (tertiary/aromatic N) is 1. The van der Waals surface area contributed by atoms with Gasteiger partial charge in [-0.2, -0.15) is 0 Å². The second kappa shape index (κ2) is 8.54. The van der Waals surface area contributed by atoms with Gasteiger partial charge in [0.2, 0.25) is 0 Å². The highest BCUT2D eigenvalue weighted by molar-refractivity contribution is 7.92. The Labute approximate surface area is 175 Å². The second-order valence-corrected chi connectivity index (χ2v) is 8.62. The fourth-order valence-electron chi connectivity index (χ4n) is 2.86. The fraction of sp³-hybridized carbons (Fsp3) is 0.182. The molecule has 3 rings (SSSR count). The SMILES string of the molecule is CC(=O)c1ccc(S(=O)(=O)Nc2ccc(C(=O)N(C)Cc3ccc(C)o3)cc2)cc1. The van der Waals surface area contributed by atoms with E-state index < -0.39 is 10.0 Å². The van der Waals surface area contributed by atoms with Gasteiger partial charge in [0, 0.05) is 23.9 Å². The number of carbonyl (C=O) groups excluding carboxylic acids is 2. The van der Waals surface area contributed by atoms with E-state index in [9.17, 15) is 18.0 Å². The molecule has 1 amide bonds. The van der Waals surface area contributed by atoms with Crippen LogP contribution in [0.5, 0.6) is 0 Å². The molecule has 1 aromatic heterocycles. The Morgan fingerprint density at radius 1 is 0.933 bits per heavy atom. The monoisotopic (exact) mass is 426 g/mol. The van der Waals surface area contributed by atoms with Gasteiger partial charge in [-0.25, -0.2) is 8.42 Å². The summed E-state index contributed by atoms with van der Waals surface area (Å²) in [5.41, 5.74) is 1.19. The number of aryl methyl sites for hydroxylation is 1. The Bertz CT molecular complexity index is 1160. The van der Waals surface area contributed by atoms with Gasteiger partial charge in [-0.1, -0.05) is 12.1 Å². The van der Waals surface area contributed by atoms with E-state index in [0.717, 1.165) is 5.76 Å². The third-order valence-electron chi connectivity index (χ3n) is 4.49. The number of amides is 1. The number of Topliss-reactive ketones (excluding diaryl/α,β-unsaturated/α-hetero) is 1. The van der Waals surface area contributed by atoms with Crippen molar-refractivity contribution in [2.24, 2.45) is 0 Å². The van der Waals surface area contributed by atoms with Crippen LogP contribution in [0.3, 0.4) is 0 Å². The van der Waals surface area contributed by atoms with Crippen molar-refractivity contribution >= 4 is 27.4 Å². The van der Waals surface area contributed by atoms with Gasteiger partial charge in [0.05, 0.1) is 11.4 Å². The van der Waals surface area contributed by atoms with E-state index in [1.54, 1.807) is 19.2 Å². The first-order valence-electron chi connectivity index (χ1n) is 9.20. The molecular formula is C22H22N2O5S. The molecule has 0 unspecified atom stereocenters. The van der Waals surface area contributed by atoms with Gasteiger partial charge in [0.15, 0.2) is 5.78 Å². The molecule has 1 heterocycles. The molecule has 8 heteroatoms. The molecule has 0 radical (unpaired) electrons. The van der Waals surface area contributed by atoms with Crippen LogP contribution in [0.2, 0.25) is 0 Å². The normalized spacial score (nSPS) is 11.2. The first-order valence-corrected chi connectivity index (χ1v) is 10.7. The van der Waals surface area contributed by atoms with Gasteiger partial charge < -0.3 is 9.32 Å². The summed E-state index contributed by atoms with van der Waals surface area (Å²) in [5.74, 6) is 1.11. The van der Waals surface area contributed by atoms with Crippen LogP contribution in [-0.4, -0.2) is 32.1 Å². The number of anilines is 1. The zero-order chi connectivity index (χ0) is 21.9. The molecule has 7 nitrogen and oxygen atoms in total. The Hall–Kier alpha value is -3.39. The highest BCUT2D eigenvalue weighted by Crippen LogP contribution is 2.19. The summed E-state index contributed by atoms with van der Waals surface area (Å²) >= 11 is 0. The largest absolute Gasteiger partial charge is 0.464 e. The van der Waals surface area contributed by atoms with Crippen LogP contribution < -0.4 is 4.72 Å². The van der Waals surface area contributed by atoms with Gasteiger partial charge >= 0.3 is 0 Å². The minimum Gasteiger partial charge on any atom is -0.464 e. The summed E-state index contributed by atoms with van der Waals surface area (Å²) in [7, 11) is -2.14. The van der Waals surface area contributed by atoms with Gasteiger partial charge in [0.1, 0.15) is 11.5 Å². The average molecular weight is 426 g/mol. The molecular weight excluding hydrogens is 404 g/mol. The summed E-state index contributed by atoms with van der Waals surface area (Å²) in [6, 6.07) is 15.5. The van der Waals surface area contributed by atoms with Crippen LogP contribution >= 0.6 is 0 Å². The van der Waals surface area contributed by atoms with E-state index in [0.29, 0.717) is 29.1 Å². The van der Waals surface area contributed by atoms with Crippen LogP contribution in [0.15, 0.2) is 70.0 Å². The first kappa shape index (κ1) is 21.3. The van der Waals surface area contributed by atoms with E-state index in [1.165, 1.54) is 48.2 Å². The molecule has 0 aliphatic heterocycles. The van der Waals surface area contributed by atoms with E-state index in [-0.39, 0.29) is 16.6 Å². The summed E-state index contributed by atoms with van der Waals surface area (Å²) < 4.78 is 33.0. The molecule has 0 saturated carbocycles. The number of furan rings is 1. The zero-order valence-electron chi connectivity index (χ0n) is 16.9. The van der Waals surface area contributed by atoms with Crippen molar-refractivity contribution in [1.82, 2.24) is 4.90 Å². The number of sulfonamides is 1. The van der Waals surface area contributed by atoms with Crippen molar-refractivity contribution in [1.29, 1.82) is 0 Å². The van der Waals surface area contributed by atoms with E-state index in [2.05, 4.69) is 4.72 Å². The summed E-state index contributed by atoms with van der Waals surface area (Å²) in [5, 5.41) is 0. The Morgan fingerprint density at radius 2 is 1.53 bits per heavy atom. The standard InChI is InChI=1S/C22H22N2O5S/c1-15-4-11-20(29-15)14-24(3)22(26)18-5-9-19(10-6-18)23-30(27,28)21-12-7-17(8-13-21)16(2)25/h4-13,23H,14H2,1-3H3. The Kier molecular flexibility index (Phi) is 6.07. The minimum absolute atomic E-state index is 0.0427. The number of nitrogens with one attached hydrogen (secondary N) is 1. The minimum atomic E-state index is -3.81. The van der Waals surface area contributed by atoms with Crippen molar-refractivity contribution in [3.8, 4) is 0 Å². The van der Waals surface area contributed by atoms with Gasteiger partial charge in [-0.3, -0.25) is 14.3 Å². The van der Waals surface area contributed by atoms with Crippen LogP contribution in [0.4, 0.5) is 5.69 Å². The van der Waals surface area contributed by atoms with E-state index >= 15 is 0 Å². The molecule has 3 aromatic rings. The number of carbonyl (C=O) groups is 2. The predicted octanol–water partition coefficient (Wildman–Crippen LogP) is 3.86. The summed E-state index contributed by atoms with van der Waals surface area (Å²) in [6.45, 7) is 3.58. The molecule has 0 saturated heterocycles. The number of ketones is 1. The molecule has 1 N–H and O–H groups in total. The van der Waals surface area contributed by atoms with Crippen LogP contribution in [-0.2, 0) is 16.6 Å². The number of benzene rings is 2. The lowest BCUT2D eigenvalue weighted by molar-refractivity contribution is 0.0775. The predicted molar refractivity (Wildman–Crippen MR) is 113 cm³/mol. The van der Waals surface area contributed by atoms with Crippen LogP contribution in [0, 0.1) is 6.92 Å². The Balaban J connectivity index is 1.68. The highest BCUT2D eigenvalue weighted by atomic mass is 32.2. The lowest BCUT2D eigenvalue weighted by Crippen LogP contribution is -2.26. The van der Waals surface area contributed by atoms with Crippen molar-refractivity contribution < 1.29 is 22.4 Å². The molecule has 30 heavy (non-hydrogen) atoms. The summed E-state index contributed by atoms with van der Waals surface area (Å²) in [4.78, 5) is 25.5. The lowest BCUT2D eigenvalue weighted by atomic mass is 10.2. The van der Waals surface area contributed by atoms with E-state index in [1.807, 2.05) is 19.1 Å². The molecule has 0 bridgehead atoms. The molecule has 2 aromatic carbocycles. The maximum absolute atomic E-state index is 12.6. The number of rotatable bonds is 7. The number of hydrogen-bond acceptors (Lipinski definition) is 5. The van der Waals surface area contributed by atoms with Crippen molar-refractivity contribution in [3.63, 3.8) is 0 Å². The maximum Gasteiger partial charge on any atom is 0.261 e. The molecule has 0 fully saturated rings. The quantitative estimate of drug-likeness (QED) is 0.579. The first-order chi connectivity index (χ1) is 14.2. The molecule has 0 spiro atoms. The highest BCUT2D eigenvalue weighted by Gasteiger charge is 2.17. The zero-order valence-corrected chi connectivity index (χ0v) is 17.7. The van der Waals surface area contributed by atoms with Crippen LogP contribution in [0.1, 0.15) is 39.2 Å². The van der Waals surface area contributed by atoms with E-state index in [4.69, 9.17) is 4.42 Å². The molecule has 0 aliphatic carbocycles. The second-order valence-electron chi connectivity index (χ2n) is 6.94. The average Bonchev–Trinajstić information content (AvgIpc) is 3.12.